The van der Waals surface area contributed by atoms with Crippen LogP contribution in [0.3, 0.4) is 0 Å². The monoisotopic (exact) mass is 322 g/mol. The molecule has 4 atom stereocenters. The van der Waals surface area contributed by atoms with Gasteiger partial charge >= 0.3 is 0 Å². The van der Waals surface area contributed by atoms with Gasteiger partial charge in [0.15, 0.2) is 5.79 Å². The van der Waals surface area contributed by atoms with E-state index >= 15 is 0 Å². The average Bonchev–Trinajstić information content (AvgIpc) is 2.68. The van der Waals surface area contributed by atoms with E-state index in [1.54, 1.807) is 0 Å². The first-order valence-electron chi connectivity index (χ1n) is 7.24. The van der Waals surface area contributed by atoms with E-state index in [0.29, 0.717) is 13.0 Å². The lowest BCUT2D eigenvalue weighted by Gasteiger charge is -2.26. The largest absolute Gasteiger partial charge is 0.375 e. The molecular formula is C14H26O6S. The molecule has 0 spiro atoms. The van der Waals surface area contributed by atoms with Crippen molar-refractivity contribution in [3.05, 3.63) is 0 Å². The molecule has 1 aliphatic heterocycles. The van der Waals surface area contributed by atoms with Gasteiger partial charge in [-0.3, -0.25) is 4.18 Å². The second kappa shape index (κ2) is 5.45. The first kappa shape index (κ1) is 17.1. The third-order valence-electron chi connectivity index (χ3n) is 3.56. The van der Waals surface area contributed by atoms with Gasteiger partial charge in [0.2, 0.25) is 0 Å². The molecule has 124 valence electrons. The average molecular weight is 322 g/mol. The van der Waals surface area contributed by atoms with Gasteiger partial charge in [-0.1, -0.05) is 0 Å². The SMILES string of the molecule is CC(C)(C)OC[C@H]1C[C@H](OS(C)(=O)=O)C2OC(C)(C)O[C@H]21. The standard InChI is InChI=1S/C14H26O6S/c1-13(2,3)17-8-9-7-10(20-21(6,15)16)12-11(9)18-14(4,5)19-12/h9-12H,7-8H2,1-6H3/t9-,10+,11+,12?/m1/s1. The van der Waals surface area contributed by atoms with Gasteiger partial charge in [0.1, 0.15) is 12.2 Å². The molecule has 1 saturated heterocycles. The molecule has 2 aliphatic rings. The van der Waals surface area contributed by atoms with E-state index in [1.807, 2.05) is 34.6 Å². The Morgan fingerprint density at radius 3 is 2.29 bits per heavy atom. The van der Waals surface area contributed by atoms with Crippen molar-refractivity contribution in [3.63, 3.8) is 0 Å². The number of ether oxygens (including phenoxy) is 3. The second-order valence-electron chi connectivity index (χ2n) is 7.32. The summed E-state index contributed by atoms with van der Waals surface area (Å²) >= 11 is 0. The maximum atomic E-state index is 11.4. The van der Waals surface area contributed by atoms with E-state index in [9.17, 15) is 8.42 Å². The van der Waals surface area contributed by atoms with Crippen molar-refractivity contribution in [1.29, 1.82) is 0 Å². The Labute approximate surface area is 127 Å². The molecule has 0 aromatic rings. The Morgan fingerprint density at radius 2 is 1.76 bits per heavy atom. The van der Waals surface area contributed by atoms with Crippen LogP contribution < -0.4 is 0 Å². The van der Waals surface area contributed by atoms with Gasteiger partial charge in [0.25, 0.3) is 10.1 Å². The summed E-state index contributed by atoms with van der Waals surface area (Å²) in [6.07, 6.45) is 0.522. The highest BCUT2D eigenvalue weighted by Gasteiger charge is 2.55. The van der Waals surface area contributed by atoms with Crippen molar-refractivity contribution in [2.24, 2.45) is 5.92 Å². The molecule has 0 bridgehead atoms. The fourth-order valence-electron chi connectivity index (χ4n) is 2.87. The number of hydrogen-bond donors (Lipinski definition) is 0. The van der Waals surface area contributed by atoms with Crippen LogP contribution in [0.1, 0.15) is 41.0 Å². The molecule has 1 unspecified atom stereocenters. The fraction of sp³-hybridized carbons (Fsp3) is 1.00. The molecule has 0 N–H and O–H groups in total. The highest BCUT2D eigenvalue weighted by atomic mass is 32.2. The van der Waals surface area contributed by atoms with Crippen LogP contribution in [0.15, 0.2) is 0 Å². The molecule has 0 aromatic heterocycles. The van der Waals surface area contributed by atoms with Gasteiger partial charge in [-0.2, -0.15) is 8.42 Å². The molecule has 21 heavy (non-hydrogen) atoms. The Morgan fingerprint density at radius 1 is 1.19 bits per heavy atom. The normalized spacial score (nSPS) is 35.9. The fourth-order valence-corrected chi connectivity index (χ4v) is 3.51. The Bertz CT molecular complexity index is 478. The predicted molar refractivity (Wildman–Crippen MR) is 77.4 cm³/mol. The molecule has 0 radical (unpaired) electrons. The molecule has 0 aromatic carbocycles. The van der Waals surface area contributed by atoms with Gasteiger partial charge < -0.3 is 14.2 Å². The third kappa shape index (κ3) is 4.63. The molecule has 7 heteroatoms. The van der Waals surface area contributed by atoms with E-state index in [4.69, 9.17) is 18.4 Å². The highest BCUT2D eigenvalue weighted by Crippen LogP contribution is 2.43. The maximum Gasteiger partial charge on any atom is 0.264 e. The Hall–Kier alpha value is -0.210. The number of hydrogen-bond acceptors (Lipinski definition) is 6. The van der Waals surface area contributed by atoms with Crippen molar-refractivity contribution in [1.82, 2.24) is 0 Å². The molecule has 1 saturated carbocycles. The van der Waals surface area contributed by atoms with Crippen LogP contribution in [0, 0.1) is 5.92 Å². The summed E-state index contributed by atoms with van der Waals surface area (Å²) in [5, 5.41) is 0. The Kier molecular flexibility index (Phi) is 4.45. The maximum absolute atomic E-state index is 11.4. The Balaban J connectivity index is 2.09. The van der Waals surface area contributed by atoms with E-state index < -0.39 is 22.0 Å². The predicted octanol–water partition coefficient (Wildman–Crippen LogP) is 1.69. The topological polar surface area (TPSA) is 71.1 Å². The lowest BCUT2D eigenvalue weighted by Crippen LogP contribution is -2.32. The zero-order valence-electron chi connectivity index (χ0n) is 13.6. The lowest BCUT2D eigenvalue weighted by atomic mass is 10.1. The van der Waals surface area contributed by atoms with E-state index in [1.165, 1.54) is 0 Å². The number of fused-ring (bicyclic) bond motifs is 1. The lowest BCUT2D eigenvalue weighted by molar-refractivity contribution is -0.168. The van der Waals surface area contributed by atoms with Crippen LogP contribution in [-0.4, -0.2) is 51.0 Å². The summed E-state index contributed by atoms with van der Waals surface area (Å²) < 4.78 is 45.6. The van der Waals surface area contributed by atoms with Crippen molar-refractivity contribution >= 4 is 10.1 Å². The molecule has 6 nitrogen and oxygen atoms in total. The molecule has 0 amide bonds. The van der Waals surface area contributed by atoms with Crippen LogP contribution in [0.5, 0.6) is 0 Å². The number of rotatable bonds is 4. The summed E-state index contributed by atoms with van der Waals surface area (Å²) in [6, 6.07) is 0. The van der Waals surface area contributed by atoms with Crippen LogP contribution >= 0.6 is 0 Å². The minimum atomic E-state index is -3.53. The summed E-state index contributed by atoms with van der Waals surface area (Å²) in [5.74, 6) is -0.669. The summed E-state index contributed by atoms with van der Waals surface area (Å²) in [6.45, 7) is 10.1. The second-order valence-corrected chi connectivity index (χ2v) is 8.92. The van der Waals surface area contributed by atoms with Gasteiger partial charge in [-0.05, 0) is 41.0 Å². The van der Waals surface area contributed by atoms with E-state index in [2.05, 4.69) is 0 Å². The minimum absolute atomic E-state index is 0.0581. The van der Waals surface area contributed by atoms with Gasteiger partial charge in [-0.15, -0.1) is 0 Å². The molecule has 1 heterocycles. The van der Waals surface area contributed by atoms with Crippen LogP contribution in [0.4, 0.5) is 0 Å². The van der Waals surface area contributed by atoms with Gasteiger partial charge in [0.05, 0.1) is 24.6 Å². The van der Waals surface area contributed by atoms with Crippen molar-refractivity contribution in [2.75, 3.05) is 12.9 Å². The van der Waals surface area contributed by atoms with Crippen molar-refractivity contribution in [2.45, 2.75) is 70.7 Å². The summed E-state index contributed by atoms with van der Waals surface area (Å²) in [4.78, 5) is 0. The van der Waals surface area contributed by atoms with Crippen LogP contribution in [0.25, 0.3) is 0 Å². The highest BCUT2D eigenvalue weighted by molar-refractivity contribution is 7.86. The smallest absolute Gasteiger partial charge is 0.264 e. The van der Waals surface area contributed by atoms with E-state index in [-0.39, 0.29) is 23.7 Å². The quantitative estimate of drug-likeness (QED) is 0.734. The van der Waals surface area contributed by atoms with Gasteiger partial charge in [0, 0.05) is 5.92 Å². The van der Waals surface area contributed by atoms with Gasteiger partial charge in [-0.25, -0.2) is 0 Å². The first-order chi connectivity index (χ1) is 9.36. The summed E-state index contributed by atoms with van der Waals surface area (Å²) in [7, 11) is -3.53. The molecule has 2 rings (SSSR count). The van der Waals surface area contributed by atoms with Crippen molar-refractivity contribution < 1.29 is 26.8 Å². The van der Waals surface area contributed by atoms with Crippen LogP contribution in [-0.2, 0) is 28.5 Å². The minimum Gasteiger partial charge on any atom is -0.375 e. The zero-order valence-corrected chi connectivity index (χ0v) is 14.4. The first-order valence-corrected chi connectivity index (χ1v) is 9.06. The zero-order chi connectivity index (χ0) is 16.1. The molecular weight excluding hydrogens is 296 g/mol. The molecule has 2 fully saturated rings. The summed E-state index contributed by atoms with van der Waals surface area (Å²) in [5.41, 5.74) is -0.250. The third-order valence-corrected chi connectivity index (χ3v) is 4.16. The molecule has 1 aliphatic carbocycles. The van der Waals surface area contributed by atoms with E-state index in [0.717, 1.165) is 6.26 Å². The van der Waals surface area contributed by atoms with Crippen LogP contribution in [0.2, 0.25) is 0 Å². The van der Waals surface area contributed by atoms with Crippen molar-refractivity contribution in [3.8, 4) is 0 Å².